The number of ether oxygens (including phenoxy) is 1. The number of amides is 1. The number of rotatable bonds is 4. The third-order valence-electron chi connectivity index (χ3n) is 5.07. The van der Waals surface area contributed by atoms with Gasteiger partial charge in [0.1, 0.15) is 5.41 Å². The Morgan fingerprint density at radius 1 is 1.41 bits per heavy atom. The first-order valence-corrected chi connectivity index (χ1v) is 7.92. The van der Waals surface area contributed by atoms with Crippen LogP contribution in [0.2, 0.25) is 0 Å². The summed E-state index contributed by atoms with van der Waals surface area (Å²) in [5.41, 5.74) is 1.21. The smallest absolute Gasteiger partial charge is 0.318 e. The topological polar surface area (TPSA) is 83.9 Å². The molecule has 0 unspecified atom stereocenters. The van der Waals surface area contributed by atoms with Gasteiger partial charge in [0.15, 0.2) is 0 Å². The predicted octanol–water partition coefficient (Wildman–Crippen LogP) is 1.70. The number of nitrogens with zero attached hydrogens (tertiary/aromatic N) is 1. The molecule has 0 radical (unpaired) electrons. The molecule has 0 spiro atoms. The molecule has 1 N–H and O–H groups in total. The summed E-state index contributed by atoms with van der Waals surface area (Å²) in [6, 6.07) is 0. The van der Waals surface area contributed by atoms with E-state index >= 15 is 0 Å². The summed E-state index contributed by atoms with van der Waals surface area (Å²) in [6.45, 7) is 2.63. The van der Waals surface area contributed by atoms with Gasteiger partial charge in [-0.2, -0.15) is 0 Å². The third kappa shape index (κ3) is 2.12. The van der Waals surface area contributed by atoms with Crippen molar-refractivity contribution in [2.75, 3.05) is 13.2 Å². The van der Waals surface area contributed by atoms with Gasteiger partial charge in [-0.15, -0.1) is 0 Å². The van der Waals surface area contributed by atoms with Crippen molar-refractivity contribution in [3.05, 3.63) is 11.3 Å². The lowest BCUT2D eigenvalue weighted by molar-refractivity contribution is -0.162. The van der Waals surface area contributed by atoms with E-state index in [4.69, 9.17) is 9.84 Å². The van der Waals surface area contributed by atoms with Crippen molar-refractivity contribution in [2.45, 2.75) is 45.4 Å². The lowest BCUT2D eigenvalue weighted by Gasteiger charge is -2.45. The second kappa shape index (κ2) is 5.41. The Kier molecular flexibility index (Phi) is 3.70. The van der Waals surface area contributed by atoms with Gasteiger partial charge in [0.05, 0.1) is 18.9 Å². The molecule has 1 saturated heterocycles. The third-order valence-corrected chi connectivity index (χ3v) is 5.07. The molecule has 0 saturated carbocycles. The molecule has 3 rings (SSSR count). The zero-order chi connectivity index (χ0) is 15.9. The Morgan fingerprint density at radius 3 is 2.86 bits per heavy atom. The number of hydrogen-bond acceptors (Lipinski definition) is 4. The van der Waals surface area contributed by atoms with E-state index in [-0.39, 0.29) is 24.7 Å². The maximum absolute atomic E-state index is 12.6. The fourth-order valence-corrected chi connectivity index (χ4v) is 4.26. The fourth-order valence-electron chi connectivity index (χ4n) is 4.26. The number of carboxylic acids is 1. The Morgan fingerprint density at radius 2 is 2.18 bits per heavy atom. The average molecular weight is 307 g/mol. The van der Waals surface area contributed by atoms with Gasteiger partial charge in [-0.05, 0) is 44.6 Å². The van der Waals surface area contributed by atoms with E-state index in [0.717, 1.165) is 25.0 Å². The first-order valence-electron chi connectivity index (χ1n) is 7.92. The Labute approximate surface area is 129 Å². The quantitative estimate of drug-likeness (QED) is 0.799. The number of hydrogen-bond donors (Lipinski definition) is 1. The van der Waals surface area contributed by atoms with Crippen LogP contribution in [0.5, 0.6) is 0 Å². The largest absolute Gasteiger partial charge is 0.481 e. The van der Waals surface area contributed by atoms with Crippen molar-refractivity contribution in [1.29, 1.82) is 0 Å². The van der Waals surface area contributed by atoms with Crippen molar-refractivity contribution in [1.82, 2.24) is 4.90 Å². The molecule has 1 amide bonds. The Hall–Kier alpha value is -1.85. The number of piperidine rings is 1. The number of carbonyl (C=O) groups is 3. The maximum atomic E-state index is 12.6. The zero-order valence-corrected chi connectivity index (χ0v) is 12.8. The van der Waals surface area contributed by atoms with E-state index in [1.54, 1.807) is 11.8 Å². The number of carboxylic acid groups (broad SMARTS) is 1. The van der Waals surface area contributed by atoms with Crippen LogP contribution in [0, 0.1) is 11.3 Å². The molecule has 6 nitrogen and oxygen atoms in total. The lowest BCUT2D eigenvalue weighted by atomic mass is 9.71. The summed E-state index contributed by atoms with van der Waals surface area (Å²) in [4.78, 5) is 38.0. The lowest BCUT2D eigenvalue weighted by Crippen LogP contribution is -2.53. The highest BCUT2D eigenvalue weighted by Gasteiger charge is 2.57. The minimum absolute atomic E-state index is 0.142. The van der Waals surface area contributed by atoms with E-state index < -0.39 is 17.3 Å². The van der Waals surface area contributed by atoms with Gasteiger partial charge < -0.3 is 14.7 Å². The van der Waals surface area contributed by atoms with Crippen LogP contribution < -0.4 is 0 Å². The van der Waals surface area contributed by atoms with Gasteiger partial charge in [-0.25, -0.2) is 0 Å². The number of aliphatic carboxylic acids is 1. The molecule has 6 heteroatoms. The summed E-state index contributed by atoms with van der Waals surface area (Å²) in [7, 11) is 0. The van der Waals surface area contributed by atoms with Crippen molar-refractivity contribution in [3.8, 4) is 0 Å². The highest BCUT2D eigenvalue weighted by molar-refractivity contribution is 5.92. The van der Waals surface area contributed by atoms with E-state index in [0.29, 0.717) is 19.6 Å². The molecule has 22 heavy (non-hydrogen) atoms. The van der Waals surface area contributed by atoms with Gasteiger partial charge in [0.25, 0.3) is 0 Å². The monoisotopic (exact) mass is 307 g/mol. The summed E-state index contributed by atoms with van der Waals surface area (Å²) in [5, 5.41) is 9.08. The minimum atomic E-state index is -1.000. The summed E-state index contributed by atoms with van der Waals surface area (Å²) in [5.74, 6) is -2.07. The van der Waals surface area contributed by atoms with Crippen LogP contribution >= 0.6 is 0 Å². The van der Waals surface area contributed by atoms with E-state index in [1.807, 2.05) is 0 Å². The van der Waals surface area contributed by atoms with Crippen molar-refractivity contribution in [2.24, 2.45) is 11.3 Å². The summed E-state index contributed by atoms with van der Waals surface area (Å²) >= 11 is 0. The van der Waals surface area contributed by atoms with E-state index in [1.165, 1.54) is 5.57 Å². The van der Waals surface area contributed by atoms with Crippen LogP contribution in [-0.4, -0.2) is 41.0 Å². The van der Waals surface area contributed by atoms with Crippen molar-refractivity contribution >= 4 is 17.8 Å². The van der Waals surface area contributed by atoms with E-state index in [2.05, 4.69) is 0 Å². The van der Waals surface area contributed by atoms with E-state index in [9.17, 15) is 14.4 Å². The fraction of sp³-hybridized carbons (Fsp3) is 0.688. The van der Waals surface area contributed by atoms with Crippen molar-refractivity contribution in [3.63, 3.8) is 0 Å². The molecule has 0 aromatic heterocycles. The van der Waals surface area contributed by atoms with Gasteiger partial charge in [-0.3, -0.25) is 14.4 Å². The predicted molar refractivity (Wildman–Crippen MR) is 76.6 cm³/mol. The van der Waals surface area contributed by atoms with Crippen LogP contribution in [0.25, 0.3) is 0 Å². The van der Waals surface area contributed by atoms with Crippen LogP contribution in [0.1, 0.15) is 45.4 Å². The van der Waals surface area contributed by atoms with Gasteiger partial charge in [-0.1, -0.05) is 0 Å². The number of esters is 1. The van der Waals surface area contributed by atoms with Gasteiger partial charge in [0.2, 0.25) is 5.91 Å². The molecular formula is C16H21NO5. The SMILES string of the molecule is CCOC(=O)[C@]12CCC3=C1N(CCC3)C(=O)[C@@H](CC(=O)O)C2. The summed E-state index contributed by atoms with van der Waals surface area (Å²) in [6.07, 6.45) is 3.28. The molecule has 2 aliphatic heterocycles. The zero-order valence-electron chi connectivity index (χ0n) is 12.8. The Bertz CT molecular complexity index is 567. The number of allylic oxidation sites excluding steroid dienone is 1. The molecule has 2 atom stereocenters. The standard InChI is InChI=1S/C16H21NO5/c1-2-22-15(21)16-6-5-10-4-3-7-17(13(10)16)14(20)11(9-16)8-12(18)19/h11H,2-9H2,1H3,(H,18,19)/t11-,16-/m0/s1. The average Bonchev–Trinajstić information content (AvgIpc) is 2.85. The molecular weight excluding hydrogens is 286 g/mol. The second-order valence-corrected chi connectivity index (χ2v) is 6.35. The van der Waals surface area contributed by atoms with Crippen LogP contribution in [0.3, 0.4) is 0 Å². The normalized spacial score (nSPS) is 30.3. The number of carbonyl (C=O) groups excluding carboxylic acids is 2. The maximum Gasteiger partial charge on any atom is 0.318 e. The molecule has 3 aliphatic rings. The second-order valence-electron chi connectivity index (χ2n) is 6.35. The van der Waals surface area contributed by atoms with Gasteiger partial charge >= 0.3 is 11.9 Å². The molecule has 2 heterocycles. The molecule has 1 aliphatic carbocycles. The first-order chi connectivity index (χ1) is 10.5. The van der Waals surface area contributed by atoms with Crippen LogP contribution in [-0.2, 0) is 19.1 Å². The van der Waals surface area contributed by atoms with Crippen LogP contribution in [0.4, 0.5) is 0 Å². The highest BCUT2D eigenvalue weighted by Crippen LogP contribution is 2.55. The molecule has 0 aromatic rings. The van der Waals surface area contributed by atoms with Gasteiger partial charge in [0, 0.05) is 12.2 Å². The molecule has 120 valence electrons. The minimum Gasteiger partial charge on any atom is -0.481 e. The first kappa shape index (κ1) is 15.1. The summed E-state index contributed by atoms with van der Waals surface area (Å²) < 4.78 is 5.28. The molecule has 0 bridgehead atoms. The van der Waals surface area contributed by atoms with Crippen LogP contribution in [0.15, 0.2) is 11.3 Å². The highest BCUT2D eigenvalue weighted by atomic mass is 16.5. The Balaban J connectivity index is 2.02. The van der Waals surface area contributed by atoms with Crippen molar-refractivity contribution < 1.29 is 24.2 Å². The molecule has 0 aromatic carbocycles. The molecule has 1 fully saturated rings.